The molecule has 0 amide bonds. The lowest BCUT2D eigenvalue weighted by Gasteiger charge is -2.39. The minimum absolute atomic E-state index is 0.625. The van der Waals surface area contributed by atoms with E-state index >= 15 is 0 Å². The van der Waals surface area contributed by atoms with Crippen LogP contribution in [0.5, 0.6) is 0 Å². The van der Waals surface area contributed by atoms with Crippen LogP contribution in [-0.2, 0) is 0 Å². The van der Waals surface area contributed by atoms with Gasteiger partial charge in [0.2, 0.25) is 0 Å². The van der Waals surface area contributed by atoms with Crippen molar-refractivity contribution >= 4 is 16.6 Å². The summed E-state index contributed by atoms with van der Waals surface area (Å²) in [6, 6.07) is 11.3. The molecule has 1 aliphatic heterocycles. The van der Waals surface area contributed by atoms with Crippen LogP contribution in [0.3, 0.4) is 0 Å². The second-order valence-corrected chi connectivity index (χ2v) is 4.90. The van der Waals surface area contributed by atoms with E-state index < -0.39 is 0 Å². The molecule has 1 aromatic heterocycles. The van der Waals surface area contributed by atoms with Crippen LogP contribution >= 0.6 is 0 Å². The Bertz CT molecular complexity index is 561. The molecule has 1 fully saturated rings. The Kier molecular flexibility index (Phi) is 2.92. The highest BCUT2D eigenvalue weighted by Gasteiger charge is 2.24. The van der Waals surface area contributed by atoms with E-state index in [4.69, 9.17) is 0 Å². The quantitative estimate of drug-likeness (QED) is 0.894. The average molecular weight is 241 g/mol. The molecule has 3 nitrogen and oxygen atoms in total. The van der Waals surface area contributed by atoms with Gasteiger partial charge in [-0.3, -0.25) is 4.98 Å². The number of aromatic nitrogens is 1. The molecule has 94 valence electrons. The molecule has 0 bridgehead atoms. The Morgan fingerprint density at radius 1 is 1.33 bits per heavy atom. The number of anilines is 1. The number of para-hydroxylation sites is 1. The smallest absolute Gasteiger partial charge is 0.0726 e. The minimum Gasteiger partial charge on any atom is -0.366 e. The second kappa shape index (κ2) is 4.58. The molecule has 1 N–H and O–H groups in total. The number of rotatable bonds is 3. The molecule has 0 spiro atoms. The molecule has 0 radical (unpaired) electrons. The maximum atomic E-state index is 4.61. The van der Waals surface area contributed by atoms with Crippen LogP contribution in [0.2, 0.25) is 0 Å². The molecule has 1 aromatic carbocycles. The average Bonchev–Trinajstić information content (AvgIpc) is 2.32. The van der Waals surface area contributed by atoms with Gasteiger partial charge in [0, 0.05) is 36.4 Å². The first-order chi connectivity index (χ1) is 8.79. The Hall–Kier alpha value is -1.61. The largest absolute Gasteiger partial charge is 0.366 e. The van der Waals surface area contributed by atoms with E-state index in [0.717, 1.165) is 30.8 Å². The molecule has 3 rings (SSSR count). The number of fused-ring (bicyclic) bond motifs is 1. The molecule has 0 aliphatic carbocycles. The highest BCUT2D eigenvalue weighted by molar-refractivity contribution is 5.92. The summed E-state index contributed by atoms with van der Waals surface area (Å²) in [4.78, 5) is 7.11. The number of hydrogen-bond donors (Lipinski definition) is 1. The van der Waals surface area contributed by atoms with Crippen LogP contribution < -0.4 is 10.2 Å². The van der Waals surface area contributed by atoms with Gasteiger partial charge in [0.1, 0.15) is 0 Å². The Morgan fingerprint density at radius 2 is 2.11 bits per heavy atom. The first kappa shape index (κ1) is 11.5. The molecule has 0 saturated carbocycles. The fourth-order valence-electron chi connectivity index (χ4n) is 2.64. The standard InChI is InChI=1S/C15H19N3/c1-3-18(12-9-16-10-12)15-8-11(2)17-14-7-5-4-6-13(14)15/h4-8,12,16H,3,9-10H2,1-2H3. The van der Waals surface area contributed by atoms with Crippen molar-refractivity contribution in [3.05, 3.63) is 36.0 Å². The van der Waals surface area contributed by atoms with E-state index in [-0.39, 0.29) is 0 Å². The third-order valence-corrected chi connectivity index (χ3v) is 3.67. The van der Waals surface area contributed by atoms with Crippen molar-refractivity contribution in [3.8, 4) is 0 Å². The van der Waals surface area contributed by atoms with Gasteiger partial charge in [0.15, 0.2) is 0 Å². The Balaban J connectivity index is 2.13. The molecular formula is C15H19N3. The minimum atomic E-state index is 0.625. The fourth-order valence-corrected chi connectivity index (χ4v) is 2.64. The number of nitrogens with zero attached hydrogens (tertiary/aromatic N) is 2. The summed E-state index contributed by atoms with van der Waals surface area (Å²) in [6.45, 7) is 7.51. The van der Waals surface area contributed by atoms with Crippen LogP contribution in [0, 0.1) is 6.92 Å². The molecule has 3 heteroatoms. The van der Waals surface area contributed by atoms with Crippen molar-refractivity contribution in [3.63, 3.8) is 0 Å². The topological polar surface area (TPSA) is 28.2 Å². The lowest BCUT2D eigenvalue weighted by Crippen LogP contribution is -2.57. The van der Waals surface area contributed by atoms with E-state index in [9.17, 15) is 0 Å². The van der Waals surface area contributed by atoms with Gasteiger partial charge in [-0.2, -0.15) is 0 Å². The van der Waals surface area contributed by atoms with Gasteiger partial charge < -0.3 is 10.2 Å². The second-order valence-electron chi connectivity index (χ2n) is 4.90. The number of hydrogen-bond acceptors (Lipinski definition) is 3. The number of nitrogens with one attached hydrogen (secondary N) is 1. The monoisotopic (exact) mass is 241 g/mol. The molecule has 2 aromatic rings. The molecule has 1 aliphatic rings. The summed E-state index contributed by atoms with van der Waals surface area (Å²) in [5, 5.41) is 4.61. The molecule has 0 unspecified atom stereocenters. The fraction of sp³-hybridized carbons (Fsp3) is 0.400. The van der Waals surface area contributed by atoms with Crippen molar-refractivity contribution in [2.75, 3.05) is 24.5 Å². The van der Waals surface area contributed by atoms with Crippen molar-refractivity contribution < 1.29 is 0 Å². The van der Waals surface area contributed by atoms with Crippen LogP contribution in [0.25, 0.3) is 10.9 Å². The van der Waals surface area contributed by atoms with Crippen molar-refractivity contribution in [1.29, 1.82) is 0 Å². The SMILES string of the molecule is CCN(c1cc(C)nc2ccccc12)C1CNC1. The third-order valence-electron chi connectivity index (χ3n) is 3.67. The molecule has 18 heavy (non-hydrogen) atoms. The zero-order valence-electron chi connectivity index (χ0n) is 11.0. The summed E-state index contributed by atoms with van der Waals surface area (Å²) in [5.74, 6) is 0. The number of likely N-dealkylation sites (N-methyl/N-ethyl adjacent to an activating group) is 1. The number of benzene rings is 1. The van der Waals surface area contributed by atoms with Gasteiger partial charge in [-0.25, -0.2) is 0 Å². The summed E-state index contributed by atoms with van der Waals surface area (Å²) in [5.41, 5.74) is 3.51. The zero-order valence-corrected chi connectivity index (χ0v) is 11.0. The number of pyridine rings is 1. The lowest BCUT2D eigenvalue weighted by atomic mass is 10.1. The van der Waals surface area contributed by atoms with Gasteiger partial charge in [-0.1, -0.05) is 18.2 Å². The Labute approximate surface area is 108 Å². The first-order valence-corrected chi connectivity index (χ1v) is 6.63. The highest BCUT2D eigenvalue weighted by atomic mass is 15.2. The number of aryl methyl sites for hydroxylation is 1. The van der Waals surface area contributed by atoms with Crippen molar-refractivity contribution in [2.24, 2.45) is 0 Å². The van der Waals surface area contributed by atoms with Crippen LogP contribution in [0.15, 0.2) is 30.3 Å². The summed E-state index contributed by atoms with van der Waals surface area (Å²) in [7, 11) is 0. The van der Waals surface area contributed by atoms with E-state index in [0.29, 0.717) is 6.04 Å². The van der Waals surface area contributed by atoms with Crippen LogP contribution in [0.4, 0.5) is 5.69 Å². The zero-order chi connectivity index (χ0) is 12.5. The molecule has 1 saturated heterocycles. The Morgan fingerprint density at radius 3 is 2.78 bits per heavy atom. The van der Waals surface area contributed by atoms with Crippen molar-refractivity contribution in [1.82, 2.24) is 10.3 Å². The summed E-state index contributed by atoms with van der Waals surface area (Å²) >= 11 is 0. The van der Waals surface area contributed by atoms with E-state index in [1.165, 1.54) is 11.1 Å². The van der Waals surface area contributed by atoms with Crippen molar-refractivity contribution in [2.45, 2.75) is 19.9 Å². The van der Waals surface area contributed by atoms with Gasteiger partial charge in [-0.05, 0) is 26.0 Å². The van der Waals surface area contributed by atoms with Gasteiger partial charge in [0.05, 0.1) is 11.6 Å². The van der Waals surface area contributed by atoms with E-state index in [1.807, 2.05) is 0 Å². The van der Waals surface area contributed by atoms with Gasteiger partial charge >= 0.3 is 0 Å². The van der Waals surface area contributed by atoms with Crippen LogP contribution in [-0.4, -0.2) is 30.7 Å². The maximum Gasteiger partial charge on any atom is 0.0726 e. The van der Waals surface area contributed by atoms with Crippen LogP contribution in [0.1, 0.15) is 12.6 Å². The summed E-state index contributed by atoms with van der Waals surface area (Å²) in [6.07, 6.45) is 0. The van der Waals surface area contributed by atoms with Gasteiger partial charge in [-0.15, -0.1) is 0 Å². The highest BCUT2D eigenvalue weighted by Crippen LogP contribution is 2.28. The normalized spacial score (nSPS) is 15.7. The summed E-state index contributed by atoms with van der Waals surface area (Å²) < 4.78 is 0. The van der Waals surface area contributed by atoms with Gasteiger partial charge in [0.25, 0.3) is 0 Å². The molecule has 2 heterocycles. The maximum absolute atomic E-state index is 4.61. The van der Waals surface area contributed by atoms with E-state index in [1.54, 1.807) is 0 Å². The van der Waals surface area contributed by atoms with E-state index in [2.05, 4.69) is 59.4 Å². The third kappa shape index (κ3) is 1.85. The lowest BCUT2D eigenvalue weighted by molar-refractivity contribution is 0.418. The predicted molar refractivity (Wildman–Crippen MR) is 76.2 cm³/mol. The molecular weight excluding hydrogens is 222 g/mol. The first-order valence-electron chi connectivity index (χ1n) is 6.63. The molecule has 0 atom stereocenters. The predicted octanol–water partition coefficient (Wildman–Crippen LogP) is 2.34.